The molecule has 0 saturated carbocycles. The molecule has 0 aliphatic heterocycles. The van der Waals surface area contributed by atoms with Crippen LogP contribution in [0.25, 0.3) is 22.8 Å². The Kier molecular flexibility index (Phi) is 4.33. The monoisotopic (exact) mass is 388 g/mol. The van der Waals surface area contributed by atoms with Crippen molar-refractivity contribution in [2.24, 2.45) is 0 Å². The van der Waals surface area contributed by atoms with E-state index in [2.05, 4.69) is 32.8 Å². The molecule has 28 heavy (non-hydrogen) atoms. The molecule has 0 unspecified atom stereocenters. The van der Waals surface area contributed by atoms with Crippen molar-refractivity contribution in [2.75, 3.05) is 0 Å². The predicted octanol–water partition coefficient (Wildman–Crippen LogP) is 4.06. The fraction of sp³-hybridized carbons (Fsp3) is 0.190. The Morgan fingerprint density at radius 3 is 2.61 bits per heavy atom. The first kappa shape index (κ1) is 17.0. The zero-order valence-electron chi connectivity index (χ0n) is 15.1. The molecule has 5 rings (SSSR count). The normalized spacial score (nSPS) is 12.9. The molecular weight excluding hydrogens is 372 g/mol. The van der Waals surface area contributed by atoms with Crippen LogP contribution in [-0.2, 0) is 19.3 Å². The van der Waals surface area contributed by atoms with Gasteiger partial charge in [0.15, 0.2) is 5.82 Å². The Hall–Kier alpha value is -3.12. The van der Waals surface area contributed by atoms with Crippen LogP contribution in [0.3, 0.4) is 0 Å². The van der Waals surface area contributed by atoms with Crippen molar-refractivity contribution >= 4 is 11.6 Å². The first-order valence-electron chi connectivity index (χ1n) is 9.23. The average Bonchev–Trinajstić information content (AvgIpc) is 3.40. The number of hydrogen-bond acceptors (Lipinski definition) is 5. The summed E-state index contributed by atoms with van der Waals surface area (Å²) in [5, 5.41) is 14.8. The van der Waals surface area contributed by atoms with Crippen LogP contribution in [0.4, 0.5) is 0 Å². The largest absolute Gasteiger partial charge is 0.233 e. The van der Waals surface area contributed by atoms with Crippen molar-refractivity contribution in [3.63, 3.8) is 0 Å². The number of rotatable bonds is 4. The van der Waals surface area contributed by atoms with E-state index >= 15 is 0 Å². The molecule has 1 N–H and O–H groups in total. The maximum absolute atomic E-state index is 6.17. The number of H-pyrrole nitrogens is 1. The summed E-state index contributed by atoms with van der Waals surface area (Å²) in [6.07, 6.45) is 3.95. The van der Waals surface area contributed by atoms with Crippen LogP contribution in [-0.4, -0.2) is 30.6 Å². The number of nitrogens with zero attached hydrogens (tertiary/aromatic N) is 5. The standard InChI is InChI=1S/C21H17ClN6/c22-16-4-1-3-15(12-16)20-23-18-6-2-5-17(18)19(24-20)11-13-7-9-14(10-8-13)21-25-27-28-26-21/h1,3-4,7-10,12H,2,5-6,11H2,(H,25,26,27,28). The molecule has 1 aliphatic carbocycles. The highest BCUT2D eigenvalue weighted by molar-refractivity contribution is 6.30. The van der Waals surface area contributed by atoms with Gasteiger partial charge in [-0.2, -0.15) is 5.21 Å². The maximum atomic E-state index is 6.17. The first-order valence-corrected chi connectivity index (χ1v) is 9.61. The average molecular weight is 389 g/mol. The fourth-order valence-corrected chi connectivity index (χ4v) is 3.85. The molecule has 0 radical (unpaired) electrons. The summed E-state index contributed by atoms with van der Waals surface area (Å²) in [6.45, 7) is 0. The third kappa shape index (κ3) is 3.27. The lowest BCUT2D eigenvalue weighted by atomic mass is 10.0. The number of aryl methyl sites for hydroxylation is 1. The topological polar surface area (TPSA) is 80.2 Å². The van der Waals surface area contributed by atoms with E-state index < -0.39 is 0 Å². The lowest BCUT2D eigenvalue weighted by molar-refractivity contribution is 0.881. The van der Waals surface area contributed by atoms with Gasteiger partial charge in [0, 0.05) is 28.3 Å². The second kappa shape index (κ2) is 7.13. The molecule has 0 fully saturated rings. The van der Waals surface area contributed by atoms with Crippen molar-refractivity contribution in [2.45, 2.75) is 25.7 Å². The number of fused-ring (bicyclic) bond motifs is 1. The Morgan fingerprint density at radius 2 is 1.82 bits per heavy atom. The first-order chi connectivity index (χ1) is 13.8. The van der Waals surface area contributed by atoms with Crippen LogP contribution in [0.15, 0.2) is 48.5 Å². The minimum absolute atomic E-state index is 0.595. The van der Waals surface area contributed by atoms with E-state index in [9.17, 15) is 0 Å². The molecule has 6 nitrogen and oxygen atoms in total. The molecule has 0 spiro atoms. The van der Waals surface area contributed by atoms with Crippen molar-refractivity contribution in [3.8, 4) is 22.8 Å². The molecule has 2 aromatic carbocycles. The van der Waals surface area contributed by atoms with Gasteiger partial charge in [-0.05, 0) is 47.7 Å². The zero-order valence-corrected chi connectivity index (χ0v) is 15.8. The van der Waals surface area contributed by atoms with Gasteiger partial charge in [-0.3, -0.25) is 0 Å². The zero-order chi connectivity index (χ0) is 18.9. The smallest absolute Gasteiger partial charge is 0.204 e. The number of halogens is 1. The Morgan fingerprint density at radius 1 is 0.929 bits per heavy atom. The number of nitrogens with one attached hydrogen (secondary N) is 1. The molecule has 4 aromatic rings. The number of aromatic amines is 1. The van der Waals surface area contributed by atoms with Crippen molar-refractivity contribution in [3.05, 3.63) is 76.1 Å². The number of hydrogen-bond donors (Lipinski definition) is 1. The molecule has 0 bridgehead atoms. The number of aromatic nitrogens is 6. The molecule has 2 heterocycles. The van der Waals surface area contributed by atoms with Crippen molar-refractivity contribution < 1.29 is 0 Å². The van der Waals surface area contributed by atoms with Crippen LogP contribution < -0.4 is 0 Å². The molecule has 0 saturated heterocycles. The number of benzene rings is 2. The lowest BCUT2D eigenvalue weighted by Crippen LogP contribution is -2.04. The van der Waals surface area contributed by atoms with Gasteiger partial charge in [-0.25, -0.2) is 9.97 Å². The summed E-state index contributed by atoms with van der Waals surface area (Å²) in [7, 11) is 0. The molecule has 7 heteroatoms. The maximum Gasteiger partial charge on any atom is 0.204 e. The van der Waals surface area contributed by atoms with Crippen LogP contribution in [0.5, 0.6) is 0 Å². The quantitative estimate of drug-likeness (QED) is 0.570. The molecule has 2 aromatic heterocycles. The highest BCUT2D eigenvalue weighted by Crippen LogP contribution is 2.29. The highest BCUT2D eigenvalue weighted by Gasteiger charge is 2.20. The van der Waals surface area contributed by atoms with Crippen molar-refractivity contribution in [1.82, 2.24) is 30.6 Å². The highest BCUT2D eigenvalue weighted by atomic mass is 35.5. The second-order valence-corrected chi connectivity index (χ2v) is 7.33. The van der Waals surface area contributed by atoms with Crippen LogP contribution in [0.2, 0.25) is 5.02 Å². The van der Waals surface area contributed by atoms with E-state index in [0.29, 0.717) is 10.8 Å². The molecule has 138 valence electrons. The summed E-state index contributed by atoms with van der Waals surface area (Å²) in [6, 6.07) is 15.9. The predicted molar refractivity (Wildman–Crippen MR) is 107 cm³/mol. The van der Waals surface area contributed by atoms with Crippen LogP contribution in [0, 0.1) is 0 Å². The van der Waals surface area contributed by atoms with Gasteiger partial charge < -0.3 is 0 Å². The minimum atomic E-state index is 0.595. The molecular formula is C21H17ClN6. The van der Waals surface area contributed by atoms with E-state index in [0.717, 1.165) is 48.3 Å². The van der Waals surface area contributed by atoms with E-state index in [1.165, 1.54) is 16.8 Å². The summed E-state index contributed by atoms with van der Waals surface area (Å²) < 4.78 is 0. The summed E-state index contributed by atoms with van der Waals surface area (Å²) >= 11 is 6.17. The van der Waals surface area contributed by atoms with E-state index in [4.69, 9.17) is 21.6 Å². The van der Waals surface area contributed by atoms with Gasteiger partial charge in [0.25, 0.3) is 0 Å². The van der Waals surface area contributed by atoms with E-state index in [-0.39, 0.29) is 0 Å². The van der Waals surface area contributed by atoms with Gasteiger partial charge in [0.2, 0.25) is 5.82 Å². The molecule has 0 atom stereocenters. The van der Waals surface area contributed by atoms with Gasteiger partial charge in [-0.15, -0.1) is 10.2 Å². The molecule has 1 aliphatic rings. The Balaban J connectivity index is 1.49. The van der Waals surface area contributed by atoms with Gasteiger partial charge in [0.05, 0.1) is 5.69 Å². The third-order valence-electron chi connectivity index (χ3n) is 5.03. The van der Waals surface area contributed by atoms with Crippen molar-refractivity contribution in [1.29, 1.82) is 0 Å². The Labute approximate surface area is 167 Å². The summed E-state index contributed by atoms with van der Waals surface area (Å²) in [5.41, 5.74) is 6.65. The number of tetrazole rings is 1. The Bertz CT molecular complexity index is 1120. The lowest BCUT2D eigenvalue weighted by Gasteiger charge is -2.11. The summed E-state index contributed by atoms with van der Waals surface area (Å²) in [4.78, 5) is 9.73. The van der Waals surface area contributed by atoms with Gasteiger partial charge >= 0.3 is 0 Å². The third-order valence-corrected chi connectivity index (χ3v) is 5.27. The SMILES string of the molecule is Clc1cccc(-c2nc3c(c(Cc4ccc(-c5nn[nH]n5)cc4)n2)CCC3)c1. The van der Waals surface area contributed by atoms with E-state index in [1.807, 2.05) is 36.4 Å². The van der Waals surface area contributed by atoms with Gasteiger partial charge in [0.1, 0.15) is 0 Å². The minimum Gasteiger partial charge on any atom is -0.233 e. The second-order valence-electron chi connectivity index (χ2n) is 6.89. The molecule has 0 amide bonds. The van der Waals surface area contributed by atoms with E-state index in [1.54, 1.807) is 0 Å². The van der Waals surface area contributed by atoms with Crippen LogP contribution >= 0.6 is 11.6 Å². The van der Waals surface area contributed by atoms with Gasteiger partial charge in [-0.1, -0.05) is 48.0 Å². The summed E-state index contributed by atoms with van der Waals surface area (Å²) in [5.74, 6) is 1.35. The van der Waals surface area contributed by atoms with Crippen LogP contribution in [0.1, 0.15) is 28.9 Å². The fourth-order valence-electron chi connectivity index (χ4n) is 3.66.